The second-order valence-corrected chi connectivity index (χ2v) is 6.23. The number of rotatable bonds is 7. The van der Waals surface area contributed by atoms with Gasteiger partial charge in [-0.3, -0.25) is 4.90 Å². The molecule has 0 aromatic rings. The van der Waals surface area contributed by atoms with E-state index < -0.39 is 0 Å². The van der Waals surface area contributed by atoms with Gasteiger partial charge in [0.25, 0.3) is 0 Å². The summed E-state index contributed by atoms with van der Waals surface area (Å²) in [5, 5.41) is 9.39. The number of aliphatic hydroxyl groups excluding tert-OH is 1. The van der Waals surface area contributed by atoms with Gasteiger partial charge in [-0.05, 0) is 44.9 Å². The Bertz CT molecular complexity index is 271. The molecule has 0 spiro atoms. The van der Waals surface area contributed by atoms with E-state index in [2.05, 4.69) is 11.8 Å². The topological polar surface area (TPSA) is 58.7 Å². The lowest BCUT2D eigenvalue weighted by atomic mass is 9.99. The van der Waals surface area contributed by atoms with Crippen LogP contribution < -0.4 is 5.73 Å². The van der Waals surface area contributed by atoms with Crippen LogP contribution in [0.1, 0.15) is 39.0 Å². The van der Waals surface area contributed by atoms with Crippen LogP contribution in [-0.2, 0) is 4.74 Å². The summed E-state index contributed by atoms with van der Waals surface area (Å²) in [4.78, 5) is 2.57. The maximum absolute atomic E-state index is 9.39. The highest BCUT2D eigenvalue weighted by Crippen LogP contribution is 2.39. The normalized spacial score (nSPS) is 34.2. The number of hydrogen-bond donors (Lipinski definition) is 2. The minimum atomic E-state index is -0.348. The van der Waals surface area contributed by atoms with E-state index in [1.807, 2.05) is 0 Å². The van der Waals surface area contributed by atoms with Gasteiger partial charge in [-0.15, -0.1) is 0 Å². The van der Waals surface area contributed by atoms with Crippen LogP contribution in [0.5, 0.6) is 0 Å². The van der Waals surface area contributed by atoms with Gasteiger partial charge in [0.15, 0.2) is 0 Å². The van der Waals surface area contributed by atoms with Crippen molar-refractivity contribution < 1.29 is 9.84 Å². The number of ether oxygens (including phenoxy) is 1. The molecule has 0 heterocycles. The van der Waals surface area contributed by atoms with Crippen LogP contribution in [-0.4, -0.2) is 54.5 Å². The van der Waals surface area contributed by atoms with Gasteiger partial charge in [0, 0.05) is 31.3 Å². The highest BCUT2D eigenvalue weighted by molar-refractivity contribution is 4.99. The molecule has 0 bridgehead atoms. The van der Waals surface area contributed by atoms with E-state index >= 15 is 0 Å². The lowest BCUT2D eigenvalue weighted by molar-refractivity contribution is 0.0779. The zero-order chi connectivity index (χ0) is 13.2. The molecule has 2 saturated carbocycles. The Labute approximate surface area is 110 Å². The molecule has 2 aliphatic carbocycles. The van der Waals surface area contributed by atoms with E-state index in [0.29, 0.717) is 12.1 Å². The minimum Gasteiger partial charge on any atom is -0.394 e. The van der Waals surface area contributed by atoms with Gasteiger partial charge in [0.2, 0.25) is 0 Å². The average molecular weight is 256 g/mol. The lowest BCUT2D eigenvalue weighted by Crippen LogP contribution is -2.47. The van der Waals surface area contributed by atoms with Crippen molar-refractivity contribution in [2.75, 3.05) is 26.9 Å². The van der Waals surface area contributed by atoms with E-state index in [0.717, 1.165) is 38.3 Å². The van der Waals surface area contributed by atoms with Crippen molar-refractivity contribution in [3.63, 3.8) is 0 Å². The van der Waals surface area contributed by atoms with Gasteiger partial charge in [0.1, 0.15) is 0 Å². The summed E-state index contributed by atoms with van der Waals surface area (Å²) in [6.07, 6.45) is 5.70. The van der Waals surface area contributed by atoms with Gasteiger partial charge in [-0.2, -0.15) is 0 Å². The lowest BCUT2D eigenvalue weighted by Gasteiger charge is -2.35. The molecule has 0 aliphatic heterocycles. The van der Waals surface area contributed by atoms with Crippen LogP contribution in [0.3, 0.4) is 0 Å². The molecule has 18 heavy (non-hydrogen) atoms. The fourth-order valence-corrected chi connectivity index (χ4v) is 3.32. The summed E-state index contributed by atoms with van der Waals surface area (Å²) in [6, 6.07) is 1.15. The second kappa shape index (κ2) is 5.87. The Morgan fingerprint density at radius 2 is 2.17 bits per heavy atom. The van der Waals surface area contributed by atoms with Gasteiger partial charge in [-0.1, -0.05) is 0 Å². The van der Waals surface area contributed by atoms with Crippen LogP contribution >= 0.6 is 0 Å². The standard InChI is InChI=1S/C14H28N2O2/c1-11(12-3-4-12)16(7-8-18-2)13-5-6-14(15,9-13)10-17/h11-13,17H,3-10,15H2,1-2H3. The Kier molecular flexibility index (Phi) is 4.64. The number of nitrogens with two attached hydrogens (primary N) is 1. The van der Waals surface area contributed by atoms with E-state index in [1.54, 1.807) is 7.11 Å². The molecule has 0 amide bonds. The van der Waals surface area contributed by atoms with E-state index in [9.17, 15) is 5.11 Å². The third-order valence-electron chi connectivity index (χ3n) is 4.78. The first-order valence-corrected chi connectivity index (χ1v) is 7.24. The summed E-state index contributed by atoms with van der Waals surface area (Å²) in [5.74, 6) is 0.865. The molecule has 3 atom stereocenters. The summed E-state index contributed by atoms with van der Waals surface area (Å²) in [5.41, 5.74) is 5.85. The molecule has 2 rings (SSSR count). The number of hydrogen-bond acceptors (Lipinski definition) is 4. The maximum atomic E-state index is 9.39. The van der Waals surface area contributed by atoms with Crippen molar-refractivity contribution >= 4 is 0 Å². The van der Waals surface area contributed by atoms with Gasteiger partial charge < -0.3 is 15.6 Å². The zero-order valence-electron chi connectivity index (χ0n) is 11.8. The molecule has 4 nitrogen and oxygen atoms in total. The smallest absolute Gasteiger partial charge is 0.0611 e. The molecular weight excluding hydrogens is 228 g/mol. The molecule has 3 N–H and O–H groups in total. The van der Waals surface area contributed by atoms with Gasteiger partial charge >= 0.3 is 0 Å². The van der Waals surface area contributed by atoms with Crippen molar-refractivity contribution in [3.8, 4) is 0 Å². The average Bonchev–Trinajstić information content (AvgIpc) is 3.14. The molecule has 106 valence electrons. The molecule has 0 saturated heterocycles. The quantitative estimate of drug-likeness (QED) is 0.713. The molecule has 4 heteroatoms. The van der Waals surface area contributed by atoms with Crippen molar-refractivity contribution in [2.24, 2.45) is 11.7 Å². The third kappa shape index (κ3) is 3.23. The van der Waals surface area contributed by atoms with Crippen molar-refractivity contribution in [1.82, 2.24) is 4.90 Å². The summed E-state index contributed by atoms with van der Waals surface area (Å²) < 4.78 is 5.24. The summed E-state index contributed by atoms with van der Waals surface area (Å²) in [6.45, 7) is 4.22. The molecular formula is C14H28N2O2. The first-order chi connectivity index (χ1) is 8.59. The van der Waals surface area contributed by atoms with E-state index in [-0.39, 0.29) is 12.1 Å². The minimum absolute atomic E-state index is 0.111. The molecule has 2 aliphatic rings. The van der Waals surface area contributed by atoms with Gasteiger partial charge in [-0.25, -0.2) is 0 Å². The first kappa shape index (κ1) is 14.3. The highest BCUT2D eigenvalue weighted by Gasteiger charge is 2.41. The van der Waals surface area contributed by atoms with E-state index in [1.165, 1.54) is 12.8 Å². The number of aliphatic hydroxyl groups is 1. The predicted molar refractivity (Wildman–Crippen MR) is 72.4 cm³/mol. The predicted octanol–water partition coefficient (Wildman–Crippen LogP) is 0.976. The Balaban J connectivity index is 1.95. The van der Waals surface area contributed by atoms with Crippen LogP contribution in [0.4, 0.5) is 0 Å². The number of methoxy groups -OCH3 is 1. The largest absolute Gasteiger partial charge is 0.394 e. The monoisotopic (exact) mass is 256 g/mol. The Morgan fingerprint density at radius 3 is 2.67 bits per heavy atom. The SMILES string of the molecule is COCCN(C1CCC(N)(CO)C1)C(C)C1CC1. The van der Waals surface area contributed by atoms with E-state index in [4.69, 9.17) is 10.5 Å². The summed E-state index contributed by atoms with van der Waals surface area (Å²) >= 11 is 0. The van der Waals surface area contributed by atoms with Crippen molar-refractivity contribution in [3.05, 3.63) is 0 Å². The van der Waals surface area contributed by atoms with Crippen molar-refractivity contribution in [1.29, 1.82) is 0 Å². The van der Waals surface area contributed by atoms with Crippen LogP contribution in [0.15, 0.2) is 0 Å². The van der Waals surface area contributed by atoms with Gasteiger partial charge in [0.05, 0.1) is 13.2 Å². The maximum Gasteiger partial charge on any atom is 0.0611 e. The Hall–Kier alpha value is -0.160. The summed E-state index contributed by atoms with van der Waals surface area (Å²) in [7, 11) is 1.76. The fourth-order valence-electron chi connectivity index (χ4n) is 3.32. The molecule has 0 aromatic heterocycles. The highest BCUT2D eigenvalue weighted by atomic mass is 16.5. The molecule has 3 unspecified atom stereocenters. The van der Waals surface area contributed by atoms with Crippen LogP contribution in [0.2, 0.25) is 0 Å². The second-order valence-electron chi connectivity index (χ2n) is 6.23. The van der Waals surface area contributed by atoms with Crippen LogP contribution in [0.25, 0.3) is 0 Å². The molecule has 0 radical (unpaired) electrons. The fraction of sp³-hybridized carbons (Fsp3) is 1.00. The van der Waals surface area contributed by atoms with Crippen LogP contribution in [0, 0.1) is 5.92 Å². The number of nitrogens with zero attached hydrogens (tertiary/aromatic N) is 1. The third-order valence-corrected chi connectivity index (χ3v) is 4.78. The molecule has 2 fully saturated rings. The van der Waals surface area contributed by atoms with Crippen molar-refractivity contribution in [2.45, 2.75) is 56.7 Å². The Morgan fingerprint density at radius 1 is 1.44 bits per heavy atom. The molecule has 0 aromatic carbocycles. The zero-order valence-corrected chi connectivity index (χ0v) is 11.8. The first-order valence-electron chi connectivity index (χ1n) is 7.24.